The molecule has 0 aliphatic heterocycles. The Kier molecular flexibility index (Phi) is 106. The Morgan fingerprint density at radius 2 is 0.778 bits per heavy atom. The Balaban J connectivity index is -0.0000000249. The smallest absolute Gasteiger partial charge is 0.668 e. The van der Waals surface area contributed by atoms with Crippen molar-refractivity contribution in [3.8, 4) is 0 Å². The monoisotopic (exact) mass is 302 g/mol. The van der Waals surface area contributed by atoms with E-state index in [0.29, 0.717) is 0 Å². The molecule has 0 aliphatic rings. The minimum Gasteiger partial charge on any atom is -0.668 e. The third-order valence-electron chi connectivity index (χ3n) is 0. The fourth-order valence-corrected chi connectivity index (χ4v) is 0. The van der Waals surface area contributed by atoms with Gasteiger partial charge in [0.1, 0.15) is 0 Å². The summed E-state index contributed by atoms with van der Waals surface area (Å²) in [5, 5.41) is 30.7. The van der Waals surface area contributed by atoms with Crippen LogP contribution in [0, 0.1) is 0 Å². The quantitative estimate of drug-likeness (QED) is 0.598. The van der Waals surface area contributed by atoms with Gasteiger partial charge in [0, 0.05) is 18.8 Å². The van der Waals surface area contributed by atoms with Gasteiger partial charge in [-0.15, -0.1) is 0 Å². The summed E-state index contributed by atoms with van der Waals surface area (Å²) in [6, 6.07) is 0. The van der Waals surface area contributed by atoms with Crippen LogP contribution in [0.4, 0.5) is 0 Å². The van der Waals surface area contributed by atoms with E-state index in [9.17, 15) is 0 Å². The van der Waals surface area contributed by atoms with Gasteiger partial charge in [0.2, 0.25) is 0 Å². The van der Waals surface area contributed by atoms with Crippen molar-refractivity contribution in [1.29, 1.82) is 0 Å². The van der Waals surface area contributed by atoms with Crippen LogP contribution in [0.15, 0.2) is 0 Å². The summed E-state index contributed by atoms with van der Waals surface area (Å²) in [6.07, 6.45) is -0.333. The van der Waals surface area contributed by atoms with E-state index < -0.39 is 0 Å². The Morgan fingerprint density at radius 1 is 0.778 bits per heavy atom. The molecule has 6 heteroatoms. The zero-order valence-corrected chi connectivity index (χ0v) is 15.2. The molecule has 0 saturated carbocycles. The number of hydrogen-bond acceptors (Lipinski definition) is 3. The Bertz CT molecular complexity index is 62.1. The normalized spacial score (nSPS) is 7.00. The first-order valence-electron chi connectivity index (χ1n) is 5.64. The van der Waals surface area contributed by atoms with Gasteiger partial charge in [-0.25, -0.2) is 0 Å². The van der Waals surface area contributed by atoms with Gasteiger partial charge in [-0.05, 0) is 34.6 Å². The van der Waals surface area contributed by atoms with Gasteiger partial charge in [0.05, 0.1) is 0 Å². The van der Waals surface area contributed by atoms with Gasteiger partial charge in [-0.3, -0.25) is 0 Å². The van der Waals surface area contributed by atoms with Crippen LogP contribution in [0.5, 0.6) is 0 Å². The van der Waals surface area contributed by atoms with E-state index >= 15 is 0 Å². The van der Waals surface area contributed by atoms with Crippen molar-refractivity contribution in [3.05, 3.63) is 10.6 Å². The van der Waals surface area contributed by atoms with E-state index in [1.165, 1.54) is 0 Å². The SMILES string of the molecule is CC(C)O.CC(C)O.CCO.C[N-]C.C[N-]C.[Ti+2]. The fourth-order valence-electron chi connectivity index (χ4n) is 0. The van der Waals surface area contributed by atoms with Crippen molar-refractivity contribution < 1.29 is 37.0 Å². The zero-order chi connectivity index (χ0) is 15.3. The molecular formula is C12H34N2O3Ti. The van der Waals surface area contributed by atoms with Crippen molar-refractivity contribution in [2.24, 2.45) is 0 Å². The van der Waals surface area contributed by atoms with E-state index in [0.717, 1.165) is 0 Å². The molecule has 0 fully saturated rings. The molecule has 0 aliphatic carbocycles. The van der Waals surface area contributed by atoms with Crippen LogP contribution in [0.3, 0.4) is 0 Å². The molecule has 0 aromatic carbocycles. The number of aliphatic hydroxyl groups excluding tert-OH is 3. The van der Waals surface area contributed by atoms with Gasteiger partial charge < -0.3 is 26.0 Å². The molecule has 0 spiro atoms. The van der Waals surface area contributed by atoms with Gasteiger partial charge >= 0.3 is 21.7 Å². The van der Waals surface area contributed by atoms with Gasteiger partial charge in [-0.1, -0.05) is 0 Å². The first-order chi connectivity index (χ1) is 7.71. The molecule has 0 heterocycles. The molecule has 0 amide bonds. The maximum atomic E-state index is 8.06. The molecule has 0 atom stereocenters. The van der Waals surface area contributed by atoms with Crippen molar-refractivity contribution >= 4 is 0 Å². The number of hydrogen-bond donors (Lipinski definition) is 3. The summed E-state index contributed by atoms with van der Waals surface area (Å²) in [5.41, 5.74) is 0. The molecule has 0 saturated heterocycles. The Morgan fingerprint density at radius 3 is 0.778 bits per heavy atom. The molecule has 0 unspecified atom stereocenters. The molecule has 0 aromatic rings. The maximum Gasteiger partial charge on any atom is 2.00 e. The Hall–Kier alpha value is 0.514. The molecule has 3 N–H and O–H groups in total. The van der Waals surface area contributed by atoms with Crippen LogP contribution in [-0.2, 0) is 21.7 Å². The zero-order valence-electron chi connectivity index (χ0n) is 13.6. The molecular weight excluding hydrogens is 268 g/mol. The summed E-state index contributed by atoms with van der Waals surface area (Å²) in [5.74, 6) is 0. The van der Waals surface area contributed by atoms with E-state index in [1.54, 1.807) is 62.8 Å². The van der Waals surface area contributed by atoms with E-state index in [1.807, 2.05) is 0 Å². The van der Waals surface area contributed by atoms with Gasteiger partial charge in [0.25, 0.3) is 0 Å². The number of nitrogens with zero attached hydrogens (tertiary/aromatic N) is 2. The topological polar surface area (TPSA) is 88.9 Å². The van der Waals surface area contributed by atoms with Crippen LogP contribution in [-0.4, -0.2) is 62.3 Å². The minimum absolute atomic E-state index is 0. The third kappa shape index (κ3) is 15000. The first kappa shape index (κ1) is 36.3. The summed E-state index contributed by atoms with van der Waals surface area (Å²) in [4.78, 5) is 0. The Labute approximate surface area is 129 Å². The van der Waals surface area contributed by atoms with Crippen molar-refractivity contribution in [2.45, 2.75) is 46.8 Å². The molecule has 0 rings (SSSR count). The molecule has 0 radical (unpaired) electrons. The van der Waals surface area contributed by atoms with Crippen molar-refractivity contribution in [2.75, 3.05) is 34.8 Å². The van der Waals surface area contributed by atoms with Crippen molar-refractivity contribution in [3.63, 3.8) is 0 Å². The maximum absolute atomic E-state index is 8.06. The molecule has 18 heavy (non-hydrogen) atoms. The fraction of sp³-hybridized carbons (Fsp3) is 1.00. The number of rotatable bonds is 0. The van der Waals surface area contributed by atoms with Gasteiger partial charge in [0.15, 0.2) is 0 Å². The predicted molar refractivity (Wildman–Crippen MR) is 77.9 cm³/mol. The molecule has 0 bridgehead atoms. The van der Waals surface area contributed by atoms with E-state index in [2.05, 4.69) is 10.6 Å². The van der Waals surface area contributed by atoms with E-state index in [-0.39, 0.29) is 40.5 Å². The predicted octanol–water partition coefficient (Wildman–Crippen LogP) is 2.01. The first-order valence-corrected chi connectivity index (χ1v) is 5.64. The second kappa shape index (κ2) is 52.8. The van der Waals surface area contributed by atoms with Crippen molar-refractivity contribution in [1.82, 2.24) is 0 Å². The summed E-state index contributed by atoms with van der Waals surface area (Å²) >= 11 is 0. The van der Waals surface area contributed by atoms with Crippen LogP contribution in [0.2, 0.25) is 0 Å². The molecule has 0 aromatic heterocycles. The largest absolute Gasteiger partial charge is 2.00 e. The van der Waals surface area contributed by atoms with Crippen LogP contribution in [0.25, 0.3) is 10.6 Å². The van der Waals surface area contributed by atoms with Crippen LogP contribution >= 0.6 is 0 Å². The second-order valence-electron chi connectivity index (χ2n) is 3.40. The van der Waals surface area contributed by atoms with E-state index in [4.69, 9.17) is 15.3 Å². The van der Waals surface area contributed by atoms with Crippen LogP contribution in [0.1, 0.15) is 34.6 Å². The summed E-state index contributed by atoms with van der Waals surface area (Å²) in [6.45, 7) is 8.82. The second-order valence-corrected chi connectivity index (χ2v) is 3.40. The number of aliphatic hydroxyl groups is 3. The summed E-state index contributed by atoms with van der Waals surface area (Å²) < 4.78 is 0. The third-order valence-corrected chi connectivity index (χ3v) is 0. The molecule has 5 nitrogen and oxygen atoms in total. The average Bonchev–Trinajstić information content (AvgIpc) is 2.03. The van der Waals surface area contributed by atoms with Crippen LogP contribution < -0.4 is 0 Å². The van der Waals surface area contributed by atoms with Gasteiger partial charge in [-0.2, -0.15) is 28.2 Å². The average molecular weight is 302 g/mol. The summed E-state index contributed by atoms with van der Waals surface area (Å²) in [7, 11) is 7.00. The standard InChI is InChI=1S/2C3H8O.2C2H6N.C2H6O.Ti/c2*1-3(2)4;2*1-3-2;1-2-3;/h2*3-4H,1-2H3;2*1-2H3;3H,2H2,1H3;/q;;2*-1;;+2. The minimum atomic E-state index is -0.167. The molecule has 114 valence electrons.